The minimum absolute atomic E-state index is 0.492. The Morgan fingerprint density at radius 3 is 2.20 bits per heavy atom. The number of halogens is 2. The first-order valence-electron chi connectivity index (χ1n) is 9.09. The molecule has 0 radical (unpaired) electrons. The summed E-state index contributed by atoms with van der Waals surface area (Å²) < 4.78 is 0.925. The average Bonchev–Trinajstić information content (AvgIpc) is 2.69. The predicted octanol–water partition coefficient (Wildman–Crippen LogP) is 6.49. The van der Waals surface area contributed by atoms with Crippen molar-refractivity contribution >= 4 is 56.7 Å². The lowest BCUT2D eigenvalue weighted by Crippen LogP contribution is -2.50. The van der Waals surface area contributed by atoms with Gasteiger partial charge in [-0.15, -0.1) is 0 Å². The maximum absolute atomic E-state index is 13.1. The van der Waals surface area contributed by atoms with E-state index in [1.54, 1.807) is 48.5 Å². The molecule has 6 nitrogen and oxygen atoms in total. The molecule has 3 rings (SSSR count). The molecule has 0 atom stereocenters. The second kappa shape index (κ2) is 9.65. The molecule has 3 N–H and O–H groups in total. The van der Waals surface area contributed by atoms with E-state index in [2.05, 4.69) is 32.0 Å². The normalized spacial score (nSPS) is 10.3. The molecule has 0 saturated carbocycles. The summed E-state index contributed by atoms with van der Waals surface area (Å²) in [6.45, 7) is 3.80. The first kappa shape index (κ1) is 21.7. The topological polar surface area (TPSA) is 73.5 Å². The van der Waals surface area contributed by atoms with Crippen molar-refractivity contribution in [2.75, 3.05) is 15.6 Å². The van der Waals surface area contributed by atoms with Crippen LogP contribution in [-0.4, -0.2) is 12.1 Å². The maximum Gasteiger partial charge on any atom is 0.345 e. The number of nitrogens with one attached hydrogen (secondary N) is 3. The SMILES string of the molecule is Cc1cc(Br)cc(C)c1NC(=O)N(NC(=O)Nc1cccc(Cl)c1)c1ccccc1. The van der Waals surface area contributed by atoms with E-state index in [4.69, 9.17) is 11.6 Å². The highest BCUT2D eigenvalue weighted by atomic mass is 79.9. The minimum Gasteiger partial charge on any atom is -0.307 e. The number of benzene rings is 3. The van der Waals surface area contributed by atoms with Gasteiger partial charge in [-0.2, -0.15) is 0 Å². The molecule has 154 valence electrons. The molecule has 30 heavy (non-hydrogen) atoms. The monoisotopic (exact) mass is 486 g/mol. The summed E-state index contributed by atoms with van der Waals surface area (Å²) in [4.78, 5) is 25.6. The van der Waals surface area contributed by atoms with E-state index in [9.17, 15) is 9.59 Å². The van der Waals surface area contributed by atoms with Crippen LogP contribution in [0.2, 0.25) is 5.02 Å². The number of hydrogen-bond donors (Lipinski definition) is 3. The Labute approximate surface area is 188 Å². The van der Waals surface area contributed by atoms with Gasteiger partial charge in [0.05, 0.1) is 5.69 Å². The number of carbonyl (C=O) groups excluding carboxylic acids is 2. The number of urea groups is 2. The van der Waals surface area contributed by atoms with Crippen LogP contribution >= 0.6 is 27.5 Å². The maximum atomic E-state index is 13.1. The van der Waals surface area contributed by atoms with Gasteiger partial charge in [0.15, 0.2) is 0 Å². The van der Waals surface area contributed by atoms with E-state index in [1.165, 1.54) is 0 Å². The number of hydrazine groups is 1. The van der Waals surface area contributed by atoms with E-state index in [0.717, 1.165) is 20.6 Å². The van der Waals surface area contributed by atoms with Crippen LogP contribution in [0.25, 0.3) is 0 Å². The number of amides is 4. The summed E-state index contributed by atoms with van der Waals surface area (Å²) in [5.74, 6) is 0. The first-order chi connectivity index (χ1) is 14.3. The lowest BCUT2D eigenvalue weighted by atomic mass is 10.1. The number of carbonyl (C=O) groups is 2. The second-order valence-electron chi connectivity index (χ2n) is 6.59. The molecule has 0 saturated heterocycles. The van der Waals surface area contributed by atoms with Crippen LogP contribution in [-0.2, 0) is 0 Å². The quantitative estimate of drug-likeness (QED) is 0.369. The summed E-state index contributed by atoms with van der Waals surface area (Å²) in [6, 6.07) is 18.3. The highest BCUT2D eigenvalue weighted by Crippen LogP contribution is 2.26. The van der Waals surface area contributed by atoms with Gasteiger partial charge in [-0.3, -0.25) is 0 Å². The Hall–Kier alpha value is -3.03. The Kier molecular flexibility index (Phi) is 6.97. The molecule has 8 heteroatoms. The predicted molar refractivity (Wildman–Crippen MR) is 125 cm³/mol. The van der Waals surface area contributed by atoms with Crippen LogP contribution in [0.3, 0.4) is 0 Å². The lowest BCUT2D eigenvalue weighted by Gasteiger charge is -2.25. The molecule has 4 amide bonds. The smallest absolute Gasteiger partial charge is 0.307 e. The van der Waals surface area contributed by atoms with Crippen LogP contribution in [0.1, 0.15) is 11.1 Å². The van der Waals surface area contributed by atoms with Gasteiger partial charge in [-0.25, -0.2) is 20.0 Å². The van der Waals surface area contributed by atoms with Crippen molar-refractivity contribution in [2.45, 2.75) is 13.8 Å². The number of anilines is 3. The van der Waals surface area contributed by atoms with Crippen molar-refractivity contribution < 1.29 is 9.59 Å². The van der Waals surface area contributed by atoms with Crippen LogP contribution in [0.4, 0.5) is 26.7 Å². The fraction of sp³-hybridized carbons (Fsp3) is 0.0909. The summed E-state index contributed by atoms with van der Waals surface area (Å²) in [5.41, 5.74) is 6.07. The molecule has 0 aliphatic carbocycles. The molecule has 0 aromatic heterocycles. The van der Waals surface area contributed by atoms with Gasteiger partial charge in [0.2, 0.25) is 0 Å². The van der Waals surface area contributed by atoms with Gasteiger partial charge in [-0.05, 0) is 67.4 Å². The molecular weight excluding hydrogens is 468 g/mol. The number of para-hydroxylation sites is 1. The van der Waals surface area contributed by atoms with E-state index in [1.807, 2.05) is 32.0 Å². The van der Waals surface area contributed by atoms with Crippen molar-refractivity contribution in [3.63, 3.8) is 0 Å². The molecule has 0 fully saturated rings. The lowest BCUT2D eigenvalue weighted by molar-refractivity contribution is 0.243. The zero-order valence-electron chi connectivity index (χ0n) is 16.4. The van der Waals surface area contributed by atoms with Crippen molar-refractivity contribution in [2.24, 2.45) is 0 Å². The van der Waals surface area contributed by atoms with Crippen LogP contribution < -0.4 is 21.1 Å². The van der Waals surface area contributed by atoms with Gasteiger partial charge in [0, 0.05) is 20.9 Å². The Morgan fingerprint density at radius 1 is 0.900 bits per heavy atom. The Balaban J connectivity index is 1.82. The Bertz CT molecular complexity index is 1050. The standard InChI is InChI=1S/C22H20BrClN4O2/c1-14-11-16(23)12-15(2)20(14)26-22(30)28(19-9-4-3-5-10-19)27-21(29)25-18-8-6-7-17(24)13-18/h3-13H,1-2H3,(H,26,30)(H2,25,27,29). The zero-order valence-corrected chi connectivity index (χ0v) is 18.7. The number of hydrogen-bond acceptors (Lipinski definition) is 2. The first-order valence-corrected chi connectivity index (χ1v) is 10.3. The van der Waals surface area contributed by atoms with E-state index >= 15 is 0 Å². The third-order valence-corrected chi connectivity index (χ3v) is 4.94. The van der Waals surface area contributed by atoms with E-state index in [-0.39, 0.29) is 0 Å². The summed E-state index contributed by atoms with van der Waals surface area (Å²) in [6.07, 6.45) is 0. The largest absolute Gasteiger partial charge is 0.345 e. The zero-order chi connectivity index (χ0) is 21.7. The molecule has 3 aromatic carbocycles. The molecule has 0 heterocycles. The van der Waals surface area contributed by atoms with Gasteiger partial charge in [0.25, 0.3) is 0 Å². The van der Waals surface area contributed by atoms with Crippen molar-refractivity contribution in [1.29, 1.82) is 0 Å². The average molecular weight is 488 g/mol. The summed E-state index contributed by atoms with van der Waals surface area (Å²) in [5, 5.41) is 7.20. The molecule has 0 bridgehead atoms. The molecule has 0 aliphatic rings. The van der Waals surface area contributed by atoms with Gasteiger partial charge < -0.3 is 10.6 Å². The van der Waals surface area contributed by atoms with Crippen molar-refractivity contribution in [1.82, 2.24) is 5.43 Å². The van der Waals surface area contributed by atoms with E-state index in [0.29, 0.717) is 22.1 Å². The van der Waals surface area contributed by atoms with Crippen LogP contribution in [0.15, 0.2) is 71.2 Å². The number of nitrogens with zero attached hydrogens (tertiary/aromatic N) is 1. The van der Waals surface area contributed by atoms with Gasteiger partial charge in [-0.1, -0.05) is 51.8 Å². The molecule has 3 aromatic rings. The van der Waals surface area contributed by atoms with Crippen molar-refractivity contribution in [3.8, 4) is 0 Å². The van der Waals surface area contributed by atoms with Gasteiger partial charge >= 0.3 is 12.1 Å². The minimum atomic E-state index is -0.583. The third kappa shape index (κ3) is 5.52. The fourth-order valence-electron chi connectivity index (χ4n) is 2.91. The Morgan fingerprint density at radius 2 is 1.57 bits per heavy atom. The molecule has 0 spiro atoms. The van der Waals surface area contributed by atoms with Crippen LogP contribution in [0, 0.1) is 13.8 Å². The summed E-state index contributed by atoms with van der Waals surface area (Å²) >= 11 is 9.41. The highest BCUT2D eigenvalue weighted by molar-refractivity contribution is 9.10. The highest BCUT2D eigenvalue weighted by Gasteiger charge is 2.20. The van der Waals surface area contributed by atoms with Gasteiger partial charge in [0.1, 0.15) is 0 Å². The number of aryl methyl sites for hydroxylation is 2. The van der Waals surface area contributed by atoms with Crippen molar-refractivity contribution in [3.05, 3.63) is 87.4 Å². The second-order valence-corrected chi connectivity index (χ2v) is 7.94. The van der Waals surface area contributed by atoms with Crippen LogP contribution in [0.5, 0.6) is 0 Å². The molecule has 0 aliphatic heterocycles. The third-order valence-electron chi connectivity index (χ3n) is 4.24. The fourth-order valence-corrected chi connectivity index (χ4v) is 3.78. The molecular formula is C22H20BrClN4O2. The molecule has 0 unspecified atom stereocenters. The van der Waals surface area contributed by atoms with E-state index < -0.39 is 12.1 Å². The number of rotatable bonds is 3. The summed E-state index contributed by atoms with van der Waals surface area (Å²) in [7, 11) is 0.